The highest BCUT2D eigenvalue weighted by Gasteiger charge is 2.28. The zero-order chi connectivity index (χ0) is 56.9. The minimum atomic E-state index is 0.873. The van der Waals surface area contributed by atoms with E-state index in [1.165, 1.54) is 33.1 Å². The molecule has 0 aliphatic carbocycles. The molecule has 4 nitrogen and oxygen atoms in total. The van der Waals surface area contributed by atoms with Crippen LogP contribution in [0.2, 0.25) is 0 Å². The zero-order valence-corrected chi connectivity index (χ0v) is 47.0. The maximum atomic E-state index is 5.80. The Balaban J connectivity index is 0.912. The van der Waals surface area contributed by atoms with Crippen LogP contribution in [0.3, 0.4) is 0 Å². The summed E-state index contributed by atoms with van der Waals surface area (Å²) >= 11 is 0. The van der Waals surface area contributed by atoms with E-state index in [1.54, 1.807) is 0 Å². The van der Waals surface area contributed by atoms with Crippen molar-refractivity contribution in [2.45, 2.75) is 0 Å². The van der Waals surface area contributed by atoms with Gasteiger partial charge in [0.25, 0.3) is 0 Å². The monoisotopic (exact) mass is 1090 g/mol. The summed E-state index contributed by atoms with van der Waals surface area (Å²) in [6.45, 7) is 0. The van der Waals surface area contributed by atoms with Crippen LogP contribution >= 0.6 is 0 Å². The van der Waals surface area contributed by atoms with Gasteiger partial charge in [0.1, 0.15) is 11.6 Å². The van der Waals surface area contributed by atoms with E-state index in [2.05, 4.69) is 337 Å². The lowest BCUT2D eigenvalue weighted by atomic mass is 9.85. The van der Waals surface area contributed by atoms with Crippen molar-refractivity contribution in [3.8, 4) is 34.2 Å². The number of benzene rings is 14. The highest BCUT2D eigenvalue weighted by Crippen LogP contribution is 2.48. The molecule has 0 fully saturated rings. The third-order valence-corrected chi connectivity index (χ3v) is 16.9. The lowest BCUT2D eigenvalue weighted by Crippen LogP contribution is -2.00. The molecule has 86 heavy (non-hydrogen) atoms. The number of nitrogens with zero attached hydrogens (tertiary/aromatic N) is 4. The van der Waals surface area contributed by atoms with Crippen molar-refractivity contribution in [3.63, 3.8) is 0 Å². The summed E-state index contributed by atoms with van der Waals surface area (Å²) in [5.74, 6) is 1.75. The first-order valence-corrected chi connectivity index (χ1v) is 29.4. The van der Waals surface area contributed by atoms with E-state index in [9.17, 15) is 0 Å². The van der Waals surface area contributed by atoms with Gasteiger partial charge in [0.05, 0.1) is 22.1 Å². The van der Waals surface area contributed by atoms with E-state index in [1.807, 2.05) is 0 Å². The first kappa shape index (κ1) is 50.3. The minimum absolute atomic E-state index is 0.873. The Morgan fingerprint density at radius 2 is 0.442 bits per heavy atom. The molecule has 0 unspecified atom stereocenters. The van der Waals surface area contributed by atoms with Crippen LogP contribution in [-0.2, 0) is 0 Å². The Labute approximate surface area is 499 Å². The molecular formula is C82H54N4. The average Bonchev–Trinajstić information content (AvgIpc) is 1.51. The van der Waals surface area contributed by atoms with Crippen molar-refractivity contribution in [2.24, 2.45) is 0 Å². The van der Waals surface area contributed by atoms with Crippen molar-refractivity contribution < 1.29 is 0 Å². The number of hydrogen-bond donors (Lipinski definition) is 0. The van der Waals surface area contributed by atoms with Crippen molar-refractivity contribution in [2.75, 3.05) is 0 Å². The van der Waals surface area contributed by atoms with Crippen LogP contribution in [0.4, 0.5) is 0 Å². The predicted octanol–water partition coefficient (Wildman–Crippen LogP) is 20.6. The first-order chi connectivity index (χ1) is 42.7. The van der Waals surface area contributed by atoms with Crippen molar-refractivity contribution in [1.82, 2.24) is 19.1 Å². The van der Waals surface area contributed by atoms with Crippen LogP contribution in [0, 0.1) is 0 Å². The molecule has 4 heteroatoms. The molecular weight excluding hydrogens is 1040 g/mol. The van der Waals surface area contributed by atoms with Gasteiger partial charge in [-0.25, -0.2) is 9.97 Å². The van der Waals surface area contributed by atoms with Crippen molar-refractivity contribution in [1.29, 1.82) is 0 Å². The van der Waals surface area contributed by atoms with Crippen LogP contribution in [0.1, 0.15) is 44.5 Å². The lowest BCUT2D eigenvalue weighted by molar-refractivity contribution is 1.11. The molecule has 0 radical (unpaired) electrons. The smallest absolute Gasteiger partial charge is 0.145 e. The van der Waals surface area contributed by atoms with E-state index in [0.717, 1.165) is 122 Å². The summed E-state index contributed by atoms with van der Waals surface area (Å²) in [5.41, 5.74) is 22.0. The number of hydrogen-bond acceptors (Lipinski definition) is 2. The van der Waals surface area contributed by atoms with Crippen LogP contribution in [-0.4, -0.2) is 19.1 Å². The third-order valence-electron chi connectivity index (χ3n) is 16.9. The highest BCUT2D eigenvalue weighted by atomic mass is 15.1. The Hall–Kier alpha value is -11.5. The maximum Gasteiger partial charge on any atom is 0.145 e. The largest absolute Gasteiger partial charge is 0.292 e. The van der Waals surface area contributed by atoms with Gasteiger partial charge in [0.2, 0.25) is 0 Å². The summed E-state index contributed by atoms with van der Waals surface area (Å²) in [7, 11) is 0. The molecule has 2 heterocycles. The van der Waals surface area contributed by atoms with Gasteiger partial charge in [0.15, 0.2) is 0 Å². The third kappa shape index (κ3) is 8.54. The summed E-state index contributed by atoms with van der Waals surface area (Å²) in [4.78, 5) is 11.6. The normalized spacial score (nSPS) is 11.5. The summed E-state index contributed by atoms with van der Waals surface area (Å²) in [5, 5.41) is 6.80. The molecule has 2 aromatic heterocycles. The van der Waals surface area contributed by atoms with Gasteiger partial charge >= 0.3 is 0 Å². The molecule has 0 amide bonds. The van der Waals surface area contributed by atoms with Gasteiger partial charge in [0, 0.05) is 54.8 Å². The Kier molecular flexibility index (Phi) is 12.5. The first-order valence-electron chi connectivity index (χ1n) is 29.4. The molecule has 16 aromatic rings. The standard InChI is InChI=1S/C82H54N4/c1-9-27-55(28-10-1)71(56-29-11-2-12-30-56)73(59-35-17-5-18-36-59)61-47-51-63(52-48-61)81-83-77-67-43-25-46-70-75(67)76-68(44-26-45-69(76)79(77)85(81)65-39-21-7-22-40-65)78-80(70)86(66-41-23-8-24-42-66)82(84-78)64-53-49-62(50-54-64)74(60-37-19-6-20-38-60)72(57-31-13-3-14-32-57)58-33-15-4-16-34-58/h1-54H. The fourth-order valence-electron chi connectivity index (χ4n) is 13.2. The van der Waals surface area contributed by atoms with E-state index in [-0.39, 0.29) is 0 Å². The Morgan fingerprint density at radius 3 is 0.709 bits per heavy atom. The quantitative estimate of drug-likeness (QED) is 0.0903. The molecule has 0 N–H and O–H groups in total. The molecule has 0 aliphatic heterocycles. The maximum absolute atomic E-state index is 5.80. The second-order valence-corrected chi connectivity index (χ2v) is 21.9. The second kappa shape index (κ2) is 21.4. The van der Waals surface area contributed by atoms with Gasteiger partial charge in [-0.15, -0.1) is 0 Å². The van der Waals surface area contributed by atoms with Crippen molar-refractivity contribution in [3.05, 3.63) is 372 Å². The van der Waals surface area contributed by atoms with E-state index < -0.39 is 0 Å². The van der Waals surface area contributed by atoms with Gasteiger partial charge in [-0.3, -0.25) is 9.13 Å². The molecule has 0 bridgehead atoms. The topological polar surface area (TPSA) is 35.6 Å². The van der Waals surface area contributed by atoms with Crippen LogP contribution < -0.4 is 0 Å². The van der Waals surface area contributed by atoms with Gasteiger partial charge in [-0.2, -0.15) is 0 Å². The molecule has 0 atom stereocenters. The number of para-hydroxylation sites is 2. The van der Waals surface area contributed by atoms with Gasteiger partial charge < -0.3 is 0 Å². The second-order valence-electron chi connectivity index (χ2n) is 21.9. The summed E-state index contributed by atoms with van der Waals surface area (Å²) < 4.78 is 4.76. The number of aromatic nitrogens is 4. The number of fused-ring (bicyclic) bond motifs is 6. The molecule has 16 rings (SSSR count). The summed E-state index contributed by atoms with van der Waals surface area (Å²) in [6, 6.07) is 118. The van der Waals surface area contributed by atoms with E-state index >= 15 is 0 Å². The minimum Gasteiger partial charge on any atom is -0.292 e. The lowest BCUT2D eigenvalue weighted by Gasteiger charge is -2.19. The Morgan fingerprint density at radius 1 is 0.209 bits per heavy atom. The average molecular weight is 1100 g/mol. The molecule has 0 saturated carbocycles. The molecule has 14 aromatic carbocycles. The number of rotatable bonds is 12. The van der Waals surface area contributed by atoms with Crippen molar-refractivity contribution >= 4 is 76.7 Å². The summed E-state index contributed by atoms with van der Waals surface area (Å²) in [6.07, 6.45) is 0. The molecule has 0 aliphatic rings. The van der Waals surface area contributed by atoms with Crippen LogP contribution in [0.5, 0.6) is 0 Å². The van der Waals surface area contributed by atoms with Crippen LogP contribution in [0.25, 0.3) is 111 Å². The highest BCUT2D eigenvalue weighted by molar-refractivity contribution is 6.39. The number of imidazole rings is 2. The van der Waals surface area contributed by atoms with E-state index in [0.29, 0.717) is 0 Å². The zero-order valence-electron chi connectivity index (χ0n) is 47.0. The molecule has 0 saturated heterocycles. The van der Waals surface area contributed by atoms with Gasteiger partial charge in [-0.05, 0) is 91.1 Å². The fraction of sp³-hybridized carbons (Fsp3) is 0. The van der Waals surface area contributed by atoms with Crippen LogP contribution in [0.15, 0.2) is 328 Å². The molecule has 402 valence electrons. The SMILES string of the molecule is c1ccc(C(=C(c2ccccc2)c2ccc(-c3nc4c5cccc6c5c5c(cccc5c4n3-c3ccccc3)c3nc(-c4ccc(C(=C(c5ccccc5)c5ccccc5)c5ccccc5)cc4)n(-c4ccccc4)c63)cc2)c2ccccc2)cc1. The Bertz CT molecular complexity index is 4760. The fourth-order valence-corrected chi connectivity index (χ4v) is 13.2. The molecule has 0 spiro atoms. The van der Waals surface area contributed by atoms with E-state index in [4.69, 9.17) is 9.97 Å². The predicted molar refractivity (Wildman–Crippen MR) is 359 cm³/mol. The van der Waals surface area contributed by atoms with Gasteiger partial charge in [-0.1, -0.05) is 303 Å².